The maximum Gasteiger partial charge on any atom is 0.269 e. The van der Waals surface area contributed by atoms with Crippen molar-refractivity contribution in [1.82, 2.24) is 4.90 Å². The summed E-state index contributed by atoms with van der Waals surface area (Å²) >= 11 is 1.55. The third-order valence-corrected chi connectivity index (χ3v) is 5.58. The smallest absolute Gasteiger partial charge is 0.269 e. The Bertz CT molecular complexity index is 766. The van der Waals surface area contributed by atoms with E-state index in [1.54, 1.807) is 16.7 Å². The number of rotatable bonds is 5. The SMILES string of the molecule is C[C@H]1S[C@H](c2ccccc2)N(C[C@H](O)c2ccc([N+](=O)[O-])cc2)C1=O. The summed E-state index contributed by atoms with van der Waals surface area (Å²) < 4.78 is 0. The van der Waals surface area contributed by atoms with Crippen molar-refractivity contribution in [3.8, 4) is 0 Å². The van der Waals surface area contributed by atoms with Gasteiger partial charge < -0.3 is 10.0 Å². The third-order valence-electron chi connectivity index (χ3n) is 4.19. The molecule has 0 aromatic heterocycles. The monoisotopic (exact) mass is 358 g/mol. The van der Waals surface area contributed by atoms with Crippen LogP contribution < -0.4 is 0 Å². The summed E-state index contributed by atoms with van der Waals surface area (Å²) in [7, 11) is 0. The number of nitro benzene ring substituents is 1. The first-order valence-corrected chi connectivity index (χ1v) is 8.85. The number of carbonyl (C=O) groups excluding carboxylic acids is 1. The zero-order chi connectivity index (χ0) is 18.0. The first kappa shape index (κ1) is 17.4. The van der Waals surface area contributed by atoms with E-state index in [0.29, 0.717) is 5.56 Å². The minimum atomic E-state index is -0.901. The van der Waals surface area contributed by atoms with Crippen molar-refractivity contribution in [3.63, 3.8) is 0 Å². The summed E-state index contributed by atoms with van der Waals surface area (Å²) in [6, 6.07) is 15.5. The second kappa shape index (κ2) is 7.25. The van der Waals surface area contributed by atoms with Crippen molar-refractivity contribution in [2.45, 2.75) is 23.7 Å². The molecule has 0 spiro atoms. The second-order valence-electron chi connectivity index (χ2n) is 5.90. The number of nitrogens with zero attached hydrogens (tertiary/aromatic N) is 2. The molecule has 0 unspecified atom stereocenters. The van der Waals surface area contributed by atoms with Gasteiger partial charge in [-0.1, -0.05) is 30.3 Å². The molecular formula is C18H18N2O4S. The van der Waals surface area contributed by atoms with Gasteiger partial charge in [0.15, 0.2) is 0 Å². The van der Waals surface area contributed by atoms with Crippen LogP contribution in [0.4, 0.5) is 5.69 Å². The summed E-state index contributed by atoms with van der Waals surface area (Å²) in [5.41, 5.74) is 1.54. The van der Waals surface area contributed by atoms with Crippen LogP contribution in [-0.4, -0.2) is 32.6 Å². The number of thioether (sulfide) groups is 1. The molecule has 2 aromatic rings. The van der Waals surface area contributed by atoms with Gasteiger partial charge in [0.05, 0.1) is 22.8 Å². The van der Waals surface area contributed by atoms with Gasteiger partial charge in [-0.05, 0) is 30.2 Å². The van der Waals surface area contributed by atoms with Crippen molar-refractivity contribution < 1.29 is 14.8 Å². The minimum absolute atomic E-state index is 0.0141. The Morgan fingerprint density at radius 2 is 1.84 bits per heavy atom. The van der Waals surface area contributed by atoms with Gasteiger partial charge in [0, 0.05) is 12.1 Å². The Morgan fingerprint density at radius 3 is 2.44 bits per heavy atom. The Balaban J connectivity index is 1.79. The summed E-state index contributed by atoms with van der Waals surface area (Å²) in [5, 5.41) is 20.9. The molecule has 1 amide bonds. The molecule has 1 heterocycles. The predicted octanol–water partition coefficient (Wildman–Crippen LogP) is 3.29. The van der Waals surface area contributed by atoms with Gasteiger partial charge in [0.25, 0.3) is 5.69 Å². The number of hydrogen-bond acceptors (Lipinski definition) is 5. The van der Waals surface area contributed by atoms with E-state index < -0.39 is 11.0 Å². The number of β-amino-alcohol motifs (C(OH)–C–C–N with tert-alkyl or cyclic N) is 1. The quantitative estimate of drug-likeness (QED) is 0.655. The van der Waals surface area contributed by atoms with E-state index in [1.165, 1.54) is 24.3 Å². The molecule has 1 aliphatic rings. The van der Waals surface area contributed by atoms with Crippen LogP contribution in [0.1, 0.15) is 29.5 Å². The molecule has 3 atom stereocenters. The molecule has 0 bridgehead atoms. The fraction of sp³-hybridized carbons (Fsp3) is 0.278. The second-order valence-corrected chi connectivity index (χ2v) is 7.32. The number of carbonyl (C=O) groups is 1. The maximum absolute atomic E-state index is 12.5. The van der Waals surface area contributed by atoms with E-state index in [-0.39, 0.29) is 28.8 Å². The molecule has 1 N–H and O–H groups in total. The first-order valence-electron chi connectivity index (χ1n) is 7.90. The van der Waals surface area contributed by atoms with Crippen LogP contribution in [0, 0.1) is 10.1 Å². The fourth-order valence-corrected chi connectivity index (χ4v) is 4.14. The number of non-ortho nitro benzene ring substituents is 1. The van der Waals surface area contributed by atoms with Crippen LogP contribution in [0.5, 0.6) is 0 Å². The van der Waals surface area contributed by atoms with Crippen LogP contribution >= 0.6 is 11.8 Å². The standard InChI is InChI=1S/C18H18N2O4S/c1-12-17(22)19(18(25-12)14-5-3-2-4-6-14)11-16(21)13-7-9-15(10-8-13)20(23)24/h2-10,12,16,18,21H,11H2,1H3/t12-,16+,18-/m1/s1. The zero-order valence-corrected chi connectivity index (χ0v) is 14.4. The molecular weight excluding hydrogens is 340 g/mol. The summed E-state index contributed by atoms with van der Waals surface area (Å²) in [5.74, 6) is -0.0141. The van der Waals surface area contributed by atoms with Crippen molar-refractivity contribution in [2.24, 2.45) is 0 Å². The Morgan fingerprint density at radius 1 is 1.20 bits per heavy atom. The van der Waals surface area contributed by atoms with Gasteiger partial charge in [-0.2, -0.15) is 0 Å². The highest BCUT2D eigenvalue weighted by Gasteiger charge is 2.39. The third kappa shape index (κ3) is 3.67. The van der Waals surface area contributed by atoms with Gasteiger partial charge in [0.1, 0.15) is 5.37 Å². The van der Waals surface area contributed by atoms with Crippen LogP contribution in [0.25, 0.3) is 0 Å². The normalized spacial score (nSPS) is 21.4. The summed E-state index contributed by atoms with van der Waals surface area (Å²) in [4.78, 5) is 24.4. The topological polar surface area (TPSA) is 83.7 Å². The molecule has 0 aliphatic carbocycles. The number of aliphatic hydroxyl groups excluding tert-OH is 1. The van der Waals surface area contributed by atoms with E-state index in [0.717, 1.165) is 5.56 Å². The van der Waals surface area contributed by atoms with Crippen molar-refractivity contribution in [3.05, 3.63) is 75.8 Å². The lowest BCUT2D eigenvalue weighted by Gasteiger charge is -2.26. The number of amides is 1. The lowest BCUT2D eigenvalue weighted by atomic mass is 10.1. The largest absolute Gasteiger partial charge is 0.387 e. The van der Waals surface area contributed by atoms with Crippen LogP contribution in [0.2, 0.25) is 0 Å². The van der Waals surface area contributed by atoms with E-state index in [4.69, 9.17) is 0 Å². The van der Waals surface area contributed by atoms with Crippen LogP contribution in [0.3, 0.4) is 0 Å². The maximum atomic E-state index is 12.5. The molecule has 0 saturated carbocycles. The van der Waals surface area contributed by atoms with Gasteiger partial charge in [-0.15, -0.1) is 11.8 Å². The average molecular weight is 358 g/mol. The minimum Gasteiger partial charge on any atom is -0.387 e. The van der Waals surface area contributed by atoms with E-state index >= 15 is 0 Å². The number of nitro groups is 1. The van der Waals surface area contributed by atoms with Crippen molar-refractivity contribution in [2.75, 3.05) is 6.54 Å². The highest BCUT2D eigenvalue weighted by molar-refractivity contribution is 8.01. The Kier molecular flexibility index (Phi) is 5.06. The molecule has 130 valence electrons. The lowest BCUT2D eigenvalue weighted by molar-refractivity contribution is -0.384. The molecule has 25 heavy (non-hydrogen) atoms. The number of hydrogen-bond donors (Lipinski definition) is 1. The lowest BCUT2D eigenvalue weighted by Crippen LogP contribution is -2.34. The molecule has 6 nitrogen and oxygen atoms in total. The highest BCUT2D eigenvalue weighted by atomic mass is 32.2. The van der Waals surface area contributed by atoms with Gasteiger partial charge in [-0.3, -0.25) is 14.9 Å². The number of benzene rings is 2. The highest BCUT2D eigenvalue weighted by Crippen LogP contribution is 2.43. The number of aliphatic hydroxyl groups is 1. The molecule has 1 fully saturated rings. The van der Waals surface area contributed by atoms with Crippen molar-refractivity contribution in [1.29, 1.82) is 0 Å². The molecule has 3 rings (SSSR count). The van der Waals surface area contributed by atoms with Crippen LogP contribution in [-0.2, 0) is 4.79 Å². The zero-order valence-electron chi connectivity index (χ0n) is 13.6. The average Bonchev–Trinajstić information content (AvgIpc) is 2.91. The first-order chi connectivity index (χ1) is 12.0. The molecule has 1 saturated heterocycles. The molecule has 1 aliphatic heterocycles. The van der Waals surface area contributed by atoms with Gasteiger partial charge in [0.2, 0.25) is 5.91 Å². The van der Waals surface area contributed by atoms with Gasteiger partial charge >= 0.3 is 0 Å². The fourth-order valence-electron chi connectivity index (χ4n) is 2.85. The summed E-state index contributed by atoms with van der Waals surface area (Å²) in [6.45, 7) is 2.01. The Labute approximate surface area is 149 Å². The van der Waals surface area contributed by atoms with E-state index in [9.17, 15) is 20.0 Å². The molecule has 2 aromatic carbocycles. The van der Waals surface area contributed by atoms with Crippen molar-refractivity contribution >= 4 is 23.4 Å². The van der Waals surface area contributed by atoms with Gasteiger partial charge in [-0.25, -0.2) is 0 Å². The summed E-state index contributed by atoms with van der Waals surface area (Å²) in [6.07, 6.45) is -0.901. The predicted molar refractivity (Wildman–Crippen MR) is 96.0 cm³/mol. The molecule has 7 heteroatoms. The molecule has 0 radical (unpaired) electrons. The Hall–Kier alpha value is -2.38. The van der Waals surface area contributed by atoms with Crippen LogP contribution in [0.15, 0.2) is 54.6 Å². The van der Waals surface area contributed by atoms with E-state index in [1.807, 2.05) is 37.3 Å². The van der Waals surface area contributed by atoms with E-state index in [2.05, 4.69) is 0 Å².